The van der Waals surface area contributed by atoms with Gasteiger partial charge in [0, 0.05) is 18.9 Å². The Labute approximate surface area is 104 Å². The fourth-order valence-electron chi connectivity index (χ4n) is 1.51. The third-order valence-corrected chi connectivity index (χ3v) is 2.38. The molecule has 0 aliphatic heterocycles. The summed E-state index contributed by atoms with van der Waals surface area (Å²) in [6.07, 6.45) is 1.81. The van der Waals surface area contributed by atoms with Gasteiger partial charge in [-0.3, -0.25) is 4.68 Å². The van der Waals surface area contributed by atoms with Crippen molar-refractivity contribution in [3.8, 4) is 12.1 Å². The molecule has 0 aliphatic carbocycles. The first-order valence-corrected chi connectivity index (χ1v) is 5.26. The Balaban J connectivity index is 2.11. The summed E-state index contributed by atoms with van der Waals surface area (Å²) in [4.78, 5) is 0. The van der Waals surface area contributed by atoms with Gasteiger partial charge in [0.25, 0.3) is 0 Å². The monoisotopic (exact) mass is 238 g/mol. The van der Waals surface area contributed by atoms with E-state index in [0.717, 1.165) is 11.4 Å². The fraction of sp³-hybridized carbons (Fsp3) is 0.167. The van der Waals surface area contributed by atoms with E-state index in [1.807, 2.05) is 18.3 Å². The molecule has 18 heavy (non-hydrogen) atoms. The molecule has 88 valence electrons. The summed E-state index contributed by atoms with van der Waals surface area (Å²) in [5.74, 6) is 0. The Hall–Kier alpha value is -2.86. The lowest BCUT2D eigenvalue weighted by Gasteiger charge is -2.04. The molecule has 0 unspecified atom stereocenters. The lowest BCUT2D eigenvalue weighted by Crippen LogP contribution is -2.00. The molecule has 0 amide bonds. The third kappa shape index (κ3) is 2.45. The smallest absolute Gasteiger partial charge is 0.102 e. The Kier molecular flexibility index (Phi) is 3.22. The standard InChI is InChI=1S/C12H10N6/c1-18-8-12(16-17-18)7-15-11-3-2-9(5-13)10(4-11)6-14/h2-4,8,15H,7H2,1H3. The summed E-state index contributed by atoms with van der Waals surface area (Å²) in [5.41, 5.74) is 2.32. The third-order valence-electron chi connectivity index (χ3n) is 2.38. The van der Waals surface area contributed by atoms with Crippen LogP contribution in [-0.4, -0.2) is 15.0 Å². The van der Waals surface area contributed by atoms with Crippen LogP contribution >= 0.6 is 0 Å². The van der Waals surface area contributed by atoms with Crippen LogP contribution in [0.4, 0.5) is 5.69 Å². The zero-order chi connectivity index (χ0) is 13.0. The van der Waals surface area contributed by atoms with Crippen LogP contribution in [0.3, 0.4) is 0 Å². The predicted octanol–water partition coefficient (Wildman–Crippen LogP) is 1.17. The van der Waals surface area contributed by atoms with E-state index in [1.165, 1.54) is 0 Å². The normalized spacial score (nSPS) is 9.50. The quantitative estimate of drug-likeness (QED) is 0.866. The predicted molar refractivity (Wildman–Crippen MR) is 64.2 cm³/mol. The van der Waals surface area contributed by atoms with Crippen LogP contribution in [0.2, 0.25) is 0 Å². The van der Waals surface area contributed by atoms with Crippen molar-refractivity contribution in [2.45, 2.75) is 6.54 Å². The topological polar surface area (TPSA) is 90.3 Å². The molecule has 6 heteroatoms. The van der Waals surface area contributed by atoms with Crippen molar-refractivity contribution in [1.29, 1.82) is 10.5 Å². The Morgan fingerprint density at radius 3 is 2.67 bits per heavy atom. The average Bonchev–Trinajstić information content (AvgIpc) is 2.81. The van der Waals surface area contributed by atoms with Gasteiger partial charge in [0.15, 0.2) is 0 Å². The van der Waals surface area contributed by atoms with Crippen LogP contribution in [0.25, 0.3) is 0 Å². The Bertz CT molecular complexity index is 643. The van der Waals surface area contributed by atoms with E-state index in [9.17, 15) is 0 Å². The fourth-order valence-corrected chi connectivity index (χ4v) is 1.51. The van der Waals surface area contributed by atoms with Crippen LogP contribution < -0.4 is 5.32 Å². The first-order valence-electron chi connectivity index (χ1n) is 5.26. The Morgan fingerprint density at radius 2 is 2.06 bits per heavy atom. The number of benzene rings is 1. The van der Waals surface area contributed by atoms with Gasteiger partial charge in [0.2, 0.25) is 0 Å². The van der Waals surface area contributed by atoms with Gasteiger partial charge < -0.3 is 5.32 Å². The Morgan fingerprint density at radius 1 is 1.28 bits per heavy atom. The van der Waals surface area contributed by atoms with Crippen molar-refractivity contribution in [3.05, 3.63) is 41.2 Å². The zero-order valence-corrected chi connectivity index (χ0v) is 9.75. The SMILES string of the molecule is Cn1cc(CNc2ccc(C#N)c(C#N)c2)nn1. The van der Waals surface area contributed by atoms with E-state index < -0.39 is 0 Å². The van der Waals surface area contributed by atoms with Gasteiger partial charge >= 0.3 is 0 Å². The highest BCUT2D eigenvalue weighted by molar-refractivity contribution is 5.56. The molecule has 0 bridgehead atoms. The van der Waals surface area contributed by atoms with E-state index in [4.69, 9.17) is 10.5 Å². The molecule has 2 aromatic rings. The summed E-state index contributed by atoms with van der Waals surface area (Å²) in [6.45, 7) is 0.518. The molecule has 0 saturated heterocycles. The van der Waals surface area contributed by atoms with Crippen molar-refractivity contribution < 1.29 is 0 Å². The van der Waals surface area contributed by atoms with Gasteiger partial charge in [-0.15, -0.1) is 5.10 Å². The number of aryl methyl sites for hydroxylation is 1. The molecule has 1 aromatic carbocycles. The lowest BCUT2D eigenvalue weighted by molar-refractivity contribution is 0.713. The molecule has 6 nitrogen and oxygen atoms in total. The van der Waals surface area contributed by atoms with Gasteiger partial charge in [-0.25, -0.2) is 0 Å². The molecule has 0 radical (unpaired) electrons. The molecule has 1 heterocycles. The largest absolute Gasteiger partial charge is 0.379 e. The second-order valence-electron chi connectivity index (χ2n) is 3.72. The number of rotatable bonds is 3. The molecule has 1 N–H and O–H groups in total. The van der Waals surface area contributed by atoms with Crippen LogP contribution in [-0.2, 0) is 13.6 Å². The first-order chi connectivity index (χ1) is 8.72. The summed E-state index contributed by atoms with van der Waals surface area (Å²) < 4.78 is 1.62. The summed E-state index contributed by atoms with van der Waals surface area (Å²) in [5, 5.41) is 28.6. The first kappa shape index (κ1) is 11.6. The number of anilines is 1. The van der Waals surface area contributed by atoms with Crippen LogP contribution in [0.15, 0.2) is 24.4 Å². The maximum Gasteiger partial charge on any atom is 0.102 e. The molecule has 0 fully saturated rings. The molecule has 0 aliphatic rings. The number of nitrogens with zero attached hydrogens (tertiary/aromatic N) is 5. The second kappa shape index (κ2) is 4.98. The molecule has 1 aromatic heterocycles. The molecule has 0 saturated carbocycles. The van der Waals surface area contributed by atoms with Crippen LogP contribution in [0.1, 0.15) is 16.8 Å². The molecule has 0 spiro atoms. The van der Waals surface area contributed by atoms with E-state index in [2.05, 4.69) is 15.6 Å². The molecular weight excluding hydrogens is 228 g/mol. The summed E-state index contributed by atoms with van der Waals surface area (Å²) >= 11 is 0. The highest BCUT2D eigenvalue weighted by Gasteiger charge is 2.03. The van der Waals surface area contributed by atoms with Crippen molar-refractivity contribution in [1.82, 2.24) is 15.0 Å². The highest BCUT2D eigenvalue weighted by atomic mass is 15.4. The van der Waals surface area contributed by atoms with Gasteiger partial charge in [0.1, 0.15) is 17.8 Å². The molecular formula is C12H10N6. The van der Waals surface area contributed by atoms with Crippen molar-refractivity contribution in [2.24, 2.45) is 7.05 Å². The van der Waals surface area contributed by atoms with E-state index in [-0.39, 0.29) is 0 Å². The highest BCUT2D eigenvalue weighted by Crippen LogP contribution is 2.15. The van der Waals surface area contributed by atoms with Gasteiger partial charge in [-0.1, -0.05) is 5.21 Å². The van der Waals surface area contributed by atoms with E-state index in [0.29, 0.717) is 17.7 Å². The minimum atomic E-state index is 0.363. The zero-order valence-electron chi connectivity index (χ0n) is 9.75. The van der Waals surface area contributed by atoms with Gasteiger partial charge in [-0.2, -0.15) is 10.5 Å². The van der Waals surface area contributed by atoms with Gasteiger partial charge in [-0.05, 0) is 18.2 Å². The summed E-state index contributed by atoms with van der Waals surface area (Å²) in [6, 6.07) is 9.00. The van der Waals surface area contributed by atoms with Crippen LogP contribution in [0.5, 0.6) is 0 Å². The number of nitrogens with one attached hydrogen (secondary N) is 1. The maximum atomic E-state index is 8.91. The van der Waals surface area contributed by atoms with Crippen molar-refractivity contribution >= 4 is 5.69 Å². The average molecular weight is 238 g/mol. The second-order valence-corrected chi connectivity index (χ2v) is 3.72. The minimum absolute atomic E-state index is 0.363. The van der Waals surface area contributed by atoms with E-state index >= 15 is 0 Å². The number of hydrogen-bond donors (Lipinski definition) is 1. The molecule has 0 atom stereocenters. The minimum Gasteiger partial charge on any atom is -0.379 e. The summed E-state index contributed by atoms with van der Waals surface area (Å²) in [7, 11) is 1.80. The van der Waals surface area contributed by atoms with Crippen molar-refractivity contribution in [3.63, 3.8) is 0 Å². The maximum absolute atomic E-state index is 8.91. The van der Waals surface area contributed by atoms with E-state index in [1.54, 1.807) is 29.9 Å². The molecule has 2 rings (SSSR count). The van der Waals surface area contributed by atoms with Crippen molar-refractivity contribution in [2.75, 3.05) is 5.32 Å². The van der Waals surface area contributed by atoms with Gasteiger partial charge in [0.05, 0.1) is 17.7 Å². The number of nitriles is 2. The van der Waals surface area contributed by atoms with Crippen LogP contribution in [0, 0.1) is 22.7 Å². The number of aromatic nitrogens is 3. The lowest BCUT2D eigenvalue weighted by atomic mass is 10.1. The number of hydrogen-bond acceptors (Lipinski definition) is 5.